The molecule has 1 aromatic heterocycles. The lowest BCUT2D eigenvalue weighted by Gasteiger charge is -2.08. The molecule has 0 unspecified atom stereocenters. The van der Waals surface area contributed by atoms with Gasteiger partial charge in [0.15, 0.2) is 5.69 Å². The third-order valence-corrected chi connectivity index (χ3v) is 4.77. The Balaban J connectivity index is 0.00000256. The summed E-state index contributed by atoms with van der Waals surface area (Å²) >= 11 is 0. The molecule has 0 aliphatic carbocycles. The normalized spacial score (nSPS) is 12.4. The summed E-state index contributed by atoms with van der Waals surface area (Å²) in [7, 11) is 0. The van der Waals surface area contributed by atoms with Gasteiger partial charge in [-0.05, 0) is 47.9 Å². The number of nitrogens with zero attached hydrogens (tertiary/aromatic N) is 3. The first-order valence-corrected chi connectivity index (χ1v) is 9.08. The molecule has 10 heteroatoms. The molecule has 4 rings (SSSR count). The topological polar surface area (TPSA) is 81.1 Å². The molecule has 2 aromatic carbocycles. The van der Waals surface area contributed by atoms with E-state index in [2.05, 4.69) is 37.8 Å². The summed E-state index contributed by atoms with van der Waals surface area (Å²) in [5.74, 6) is -0.283. The minimum atomic E-state index is -2.88. The van der Waals surface area contributed by atoms with Crippen LogP contribution in [0.25, 0.3) is 5.69 Å². The number of hydrogen-bond acceptors (Lipinski definition) is 5. The third kappa shape index (κ3) is 4.58. The van der Waals surface area contributed by atoms with Gasteiger partial charge in [-0.1, -0.05) is 23.4 Å². The monoisotopic (exact) mass is 435 g/mol. The third-order valence-electron chi connectivity index (χ3n) is 4.77. The van der Waals surface area contributed by atoms with Crippen LogP contribution in [-0.2, 0) is 19.6 Å². The quantitative estimate of drug-likeness (QED) is 0.621. The number of aromatic nitrogens is 3. The standard InChI is InChI=1S/C20H19F2N5O2.ClH/c1-12-18(19(28)24-9-13-2-3-14-10-23-11-15(14)8-13)25-26-27(12)16-4-6-17(7-5-16)29-20(21)22;/h2-8,20,23H,9-11H2,1H3,(H,24,28);1H. The van der Waals surface area contributed by atoms with E-state index in [0.29, 0.717) is 17.9 Å². The lowest BCUT2D eigenvalue weighted by Crippen LogP contribution is -2.24. The summed E-state index contributed by atoms with van der Waals surface area (Å²) in [6.45, 7) is 0.939. The largest absolute Gasteiger partial charge is 0.435 e. The number of benzene rings is 2. The Morgan fingerprint density at radius 1 is 1.20 bits per heavy atom. The molecule has 0 spiro atoms. The van der Waals surface area contributed by atoms with Gasteiger partial charge >= 0.3 is 6.61 Å². The van der Waals surface area contributed by atoms with Gasteiger partial charge in [0, 0.05) is 19.6 Å². The number of fused-ring (bicyclic) bond motifs is 1. The summed E-state index contributed by atoms with van der Waals surface area (Å²) in [6, 6.07) is 12.1. The molecule has 0 atom stereocenters. The zero-order valence-electron chi connectivity index (χ0n) is 16.1. The van der Waals surface area contributed by atoms with Gasteiger partial charge in [0.05, 0.1) is 11.4 Å². The Labute approximate surface area is 177 Å². The van der Waals surface area contributed by atoms with Crippen molar-refractivity contribution in [3.8, 4) is 11.4 Å². The minimum absolute atomic E-state index is 0. The molecule has 0 bridgehead atoms. The Morgan fingerprint density at radius 3 is 2.67 bits per heavy atom. The van der Waals surface area contributed by atoms with Gasteiger partial charge < -0.3 is 15.4 Å². The van der Waals surface area contributed by atoms with Crippen molar-refractivity contribution in [3.63, 3.8) is 0 Å². The molecular formula is C20H20ClF2N5O2. The average molecular weight is 436 g/mol. The van der Waals surface area contributed by atoms with Crippen LogP contribution in [0.3, 0.4) is 0 Å². The van der Waals surface area contributed by atoms with Crippen molar-refractivity contribution in [1.29, 1.82) is 0 Å². The summed E-state index contributed by atoms with van der Waals surface area (Å²) in [4.78, 5) is 12.5. The summed E-state index contributed by atoms with van der Waals surface area (Å²) in [5.41, 5.74) is 4.88. The Kier molecular flexibility index (Phi) is 6.63. The average Bonchev–Trinajstić information content (AvgIpc) is 3.32. The molecule has 7 nitrogen and oxygen atoms in total. The molecule has 0 fully saturated rings. The highest BCUT2D eigenvalue weighted by Gasteiger charge is 2.18. The van der Waals surface area contributed by atoms with E-state index in [1.807, 2.05) is 6.07 Å². The number of hydrogen-bond donors (Lipinski definition) is 2. The van der Waals surface area contributed by atoms with Crippen LogP contribution >= 0.6 is 12.4 Å². The summed E-state index contributed by atoms with van der Waals surface area (Å²) in [5, 5.41) is 14.1. The van der Waals surface area contributed by atoms with Crippen LogP contribution in [0.15, 0.2) is 42.5 Å². The fourth-order valence-electron chi connectivity index (χ4n) is 3.28. The lowest BCUT2D eigenvalue weighted by atomic mass is 10.1. The fraction of sp³-hybridized carbons (Fsp3) is 0.250. The molecule has 30 heavy (non-hydrogen) atoms. The zero-order chi connectivity index (χ0) is 20.4. The van der Waals surface area contributed by atoms with Crippen LogP contribution in [-0.4, -0.2) is 27.5 Å². The molecule has 0 radical (unpaired) electrons. The van der Waals surface area contributed by atoms with E-state index in [4.69, 9.17) is 0 Å². The van der Waals surface area contributed by atoms with E-state index in [-0.39, 0.29) is 29.8 Å². The van der Waals surface area contributed by atoms with E-state index in [1.54, 1.807) is 19.1 Å². The van der Waals surface area contributed by atoms with Crippen LogP contribution in [0.1, 0.15) is 32.9 Å². The fourth-order valence-corrected chi connectivity index (χ4v) is 3.28. The molecule has 0 saturated carbocycles. The molecule has 1 aliphatic rings. The van der Waals surface area contributed by atoms with Gasteiger partial charge in [-0.3, -0.25) is 4.79 Å². The van der Waals surface area contributed by atoms with Crippen molar-refractivity contribution < 1.29 is 18.3 Å². The number of nitrogens with one attached hydrogen (secondary N) is 2. The van der Waals surface area contributed by atoms with Crippen molar-refractivity contribution in [1.82, 2.24) is 25.6 Å². The van der Waals surface area contributed by atoms with Gasteiger partial charge in [0.2, 0.25) is 0 Å². The van der Waals surface area contributed by atoms with E-state index >= 15 is 0 Å². The molecule has 3 aromatic rings. The second-order valence-electron chi connectivity index (χ2n) is 6.70. The number of halogens is 3. The van der Waals surface area contributed by atoms with Crippen molar-refractivity contribution in [3.05, 3.63) is 70.5 Å². The maximum Gasteiger partial charge on any atom is 0.387 e. The van der Waals surface area contributed by atoms with E-state index < -0.39 is 6.61 Å². The van der Waals surface area contributed by atoms with E-state index in [0.717, 1.165) is 18.7 Å². The highest BCUT2D eigenvalue weighted by atomic mass is 35.5. The van der Waals surface area contributed by atoms with Crippen LogP contribution < -0.4 is 15.4 Å². The highest BCUT2D eigenvalue weighted by molar-refractivity contribution is 5.93. The number of ether oxygens (including phenoxy) is 1. The molecule has 0 saturated heterocycles. The molecule has 2 N–H and O–H groups in total. The number of alkyl halides is 2. The molecule has 158 valence electrons. The van der Waals surface area contributed by atoms with Crippen LogP contribution in [0.2, 0.25) is 0 Å². The Morgan fingerprint density at radius 2 is 1.93 bits per heavy atom. The maximum absolute atomic E-state index is 12.5. The Hall–Kier alpha value is -3.04. The first-order chi connectivity index (χ1) is 14.0. The summed E-state index contributed by atoms with van der Waals surface area (Å²) < 4.78 is 30.3. The van der Waals surface area contributed by atoms with E-state index in [9.17, 15) is 13.6 Å². The maximum atomic E-state index is 12.5. The van der Waals surface area contributed by atoms with Crippen molar-refractivity contribution in [2.24, 2.45) is 0 Å². The predicted molar refractivity (Wildman–Crippen MR) is 108 cm³/mol. The number of carbonyl (C=O) groups is 1. The van der Waals surface area contributed by atoms with Crippen LogP contribution in [0, 0.1) is 6.92 Å². The van der Waals surface area contributed by atoms with Crippen LogP contribution in [0.4, 0.5) is 8.78 Å². The lowest BCUT2D eigenvalue weighted by molar-refractivity contribution is -0.0498. The Bertz CT molecular complexity index is 1040. The number of carbonyl (C=O) groups excluding carboxylic acids is 1. The minimum Gasteiger partial charge on any atom is -0.435 e. The number of rotatable bonds is 6. The summed E-state index contributed by atoms with van der Waals surface area (Å²) in [6.07, 6.45) is 0. The van der Waals surface area contributed by atoms with Gasteiger partial charge in [0.1, 0.15) is 5.75 Å². The van der Waals surface area contributed by atoms with Crippen molar-refractivity contribution in [2.45, 2.75) is 33.2 Å². The molecule has 1 aliphatic heterocycles. The second kappa shape index (κ2) is 9.19. The van der Waals surface area contributed by atoms with Crippen LogP contribution in [0.5, 0.6) is 5.75 Å². The number of amides is 1. The predicted octanol–water partition coefficient (Wildman–Crippen LogP) is 3.13. The van der Waals surface area contributed by atoms with Gasteiger partial charge in [-0.2, -0.15) is 8.78 Å². The molecular weight excluding hydrogens is 416 g/mol. The first kappa shape index (κ1) is 21.7. The van der Waals surface area contributed by atoms with Gasteiger partial charge in [0.25, 0.3) is 5.91 Å². The second-order valence-corrected chi connectivity index (χ2v) is 6.70. The van der Waals surface area contributed by atoms with Gasteiger partial charge in [-0.15, -0.1) is 17.5 Å². The van der Waals surface area contributed by atoms with E-state index in [1.165, 1.54) is 27.9 Å². The van der Waals surface area contributed by atoms with Gasteiger partial charge in [-0.25, -0.2) is 4.68 Å². The van der Waals surface area contributed by atoms with Crippen molar-refractivity contribution in [2.75, 3.05) is 0 Å². The highest BCUT2D eigenvalue weighted by Crippen LogP contribution is 2.19. The zero-order valence-corrected chi connectivity index (χ0v) is 16.9. The molecule has 1 amide bonds. The smallest absolute Gasteiger partial charge is 0.387 e. The SMILES string of the molecule is Cc1c(C(=O)NCc2ccc3c(c2)CNC3)nnn1-c1ccc(OC(F)F)cc1.Cl. The first-order valence-electron chi connectivity index (χ1n) is 9.08. The van der Waals surface area contributed by atoms with Crippen molar-refractivity contribution >= 4 is 18.3 Å². The molecule has 2 heterocycles.